The molecule has 0 saturated heterocycles. The van der Waals surface area contributed by atoms with Crippen LogP contribution in [-0.4, -0.2) is 36.2 Å². The quantitative estimate of drug-likeness (QED) is 0.485. The average Bonchev–Trinajstić information content (AvgIpc) is 2.70. The van der Waals surface area contributed by atoms with Crippen LogP contribution in [0.4, 0.5) is 5.69 Å². The first kappa shape index (κ1) is 21.5. The zero-order valence-electron chi connectivity index (χ0n) is 15.5. The molecule has 1 atom stereocenters. The van der Waals surface area contributed by atoms with E-state index in [1.165, 1.54) is 43.5 Å². The number of carbonyl (C=O) groups excluding carboxylic acids is 1. The maximum absolute atomic E-state index is 12.4. The number of non-ortho nitro benzene ring substituents is 1. The van der Waals surface area contributed by atoms with Crippen molar-refractivity contribution in [1.82, 2.24) is 5.32 Å². The highest BCUT2D eigenvalue weighted by molar-refractivity contribution is 6.32. The summed E-state index contributed by atoms with van der Waals surface area (Å²) >= 11 is 6.20. The lowest BCUT2D eigenvalue weighted by molar-refractivity contribution is -0.384. The Morgan fingerprint density at radius 2 is 2.00 bits per heavy atom. The van der Waals surface area contributed by atoms with Gasteiger partial charge in [-0.1, -0.05) is 18.5 Å². The van der Waals surface area contributed by atoms with E-state index in [2.05, 4.69) is 5.32 Å². The van der Waals surface area contributed by atoms with Crippen LogP contribution in [0.3, 0.4) is 0 Å². The highest BCUT2D eigenvalue weighted by Gasteiger charge is 2.17. The number of nitro groups is 1. The SMILES string of the molecule is CCCOc1c(Cl)cc(C(=O)NCC(O)c2ccc([N+](=O)[O-])cc2)cc1OC. The van der Waals surface area contributed by atoms with Gasteiger partial charge in [-0.25, -0.2) is 0 Å². The number of nitrogens with zero attached hydrogens (tertiary/aromatic N) is 1. The Balaban J connectivity index is 2.05. The minimum atomic E-state index is -1.02. The molecule has 0 aliphatic heterocycles. The first-order valence-electron chi connectivity index (χ1n) is 8.58. The molecule has 0 bridgehead atoms. The third-order valence-corrected chi connectivity index (χ3v) is 4.17. The Morgan fingerprint density at radius 1 is 1.32 bits per heavy atom. The molecular weight excluding hydrogens is 388 g/mol. The molecule has 0 aromatic heterocycles. The van der Waals surface area contributed by atoms with Crippen LogP contribution >= 0.6 is 11.6 Å². The molecule has 2 aromatic carbocycles. The number of rotatable bonds is 9. The van der Waals surface area contributed by atoms with Gasteiger partial charge in [0, 0.05) is 24.2 Å². The van der Waals surface area contributed by atoms with Gasteiger partial charge in [-0.05, 0) is 36.2 Å². The lowest BCUT2D eigenvalue weighted by Crippen LogP contribution is -2.28. The number of halogens is 1. The molecule has 0 saturated carbocycles. The molecule has 2 N–H and O–H groups in total. The van der Waals surface area contributed by atoms with Crippen LogP contribution in [-0.2, 0) is 0 Å². The number of benzene rings is 2. The first-order chi connectivity index (χ1) is 13.4. The van der Waals surface area contributed by atoms with Crippen molar-refractivity contribution < 1.29 is 24.3 Å². The number of ether oxygens (including phenoxy) is 2. The topological polar surface area (TPSA) is 111 Å². The highest BCUT2D eigenvalue weighted by Crippen LogP contribution is 2.36. The Hall–Kier alpha value is -2.84. The molecule has 1 unspecified atom stereocenters. The molecule has 28 heavy (non-hydrogen) atoms. The molecule has 1 amide bonds. The van der Waals surface area contributed by atoms with Gasteiger partial charge >= 0.3 is 0 Å². The van der Waals surface area contributed by atoms with Crippen molar-refractivity contribution in [3.63, 3.8) is 0 Å². The summed E-state index contributed by atoms with van der Waals surface area (Å²) in [6, 6.07) is 8.43. The summed E-state index contributed by atoms with van der Waals surface area (Å²) in [5.41, 5.74) is 0.624. The fourth-order valence-electron chi connectivity index (χ4n) is 2.42. The molecule has 2 rings (SSSR count). The van der Waals surface area contributed by atoms with E-state index in [0.29, 0.717) is 23.7 Å². The van der Waals surface area contributed by atoms with Crippen molar-refractivity contribution in [2.45, 2.75) is 19.4 Å². The molecule has 8 nitrogen and oxygen atoms in total. The van der Waals surface area contributed by atoms with Crippen molar-refractivity contribution in [2.24, 2.45) is 0 Å². The molecule has 0 aliphatic rings. The van der Waals surface area contributed by atoms with E-state index in [1.54, 1.807) is 0 Å². The van der Waals surface area contributed by atoms with Crippen LogP contribution in [0.2, 0.25) is 5.02 Å². The monoisotopic (exact) mass is 408 g/mol. The van der Waals surface area contributed by atoms with Crippen LogP contribution in [0.25, 0.3) is 0 Å². The first-order valence-corrected chi connectivity index (χ1v) is 8.96. The zero-order chi connectivity index (χ0) is 20.7. The maximum atomic E-state index is 12.4. The van der Waals surface area contributed by atoms with Crippen molar-refractivity contribution in [2.75, 3.05) is 20.3 Å². The van der Waals surface area contributed by atoms with E-state index in [4.69, 9.17) is 21.1 Å². The highest BCUT2D eigenvalue weighted by atomic mass is 35.5. The fraction of sp³-hybridized carbons (Fsp3) is 0.316. The van der Waals surface area contributed by atoms with Gasteiger partial charge in [-0.15, -0.1) is 0 Å². The van der Waals surface area contributed by atoms with Crippen molar-refractivity contribution in [3.8, 4) is 11.5 Å². The summed E-state index contributed by atoms with van der Waals surface area (Å²) in [6.45, 7) is 2.34. The summed E-state index contributed by atoms with van der Waals surface area (Å²) in [7, 11) is 1.45. The standard InChI is InChI=1S/C19H21ClN2O6/c1-3-8-28-18-15(20)9-13(10-17(18)27-2)19(24)21-11-16(23)12-4-6-14(7-5-12)22(25)26/h4-7,9-10,16,23H,3,8,11H2,1-2H3,(H,21,24). The summed E-state index contributed by atoms with van der Waals surface area (Å²) in [6.07, 6.45) is -0.225. The van der Waals surface area contributed by atoms with Crippen LogP contribution in [0.1, 0.15) is 35.4 Å². The van der Waals surface area contributed by atoms with Gasteiger partial charge in [0.2, 0.25) is 0 Å². The number of hydrogen-bond donors (Lipinski definition) is 2. The lowest BCUT2D eigenvalue weighted by atomic mass is 10.1. The number of methoxy groups -OCH3 is 1. The Kier molecular flexibility index (Phi) is 7.60. The summed E-state index contributed by atoms with van der Waals surface area (Å²) in [5.74, 6) is 0.249. The number of nitrogens with one attached hydrogen (secondary N) is 1. The molecule has 2 aromatic rings. The summed E-state index contributed by atoms with van der Waals surface area (Å²) in [5, 5.41) is 23.7. The van der Waals surface area contributed by atoms with Gasteiger partial charge in [0.1, 0.15) is 0 Å². The van der Waals surface area contributed by atoms with Crippen LogP contribution in [0.15, 0.2) is 36.4 Å². The van der Waals surface area contributed by atoms with E-state index in [0.717, 1.165) is 6.42 Å². The fourth-order valence-corrected chi connectivity index (χ4v) is 2.69. The molecule has 150 valence electrons. The molecule has 0 aliphatic carbocycles. The largest absolute Gasteiger partial charge is 0.493 e. The molecule has 9 heteroatoms. The van der Waals surface area contributed by atoms with Crippen molar-refractivity contribution in [3.05, 3.63) is 62.7 Å². The number of amides is 1. The van der Waals surface area contributed by atoms with E-state index >= 15 is 0 Å². The normalized spacial score (nSPS) is 11.6. The minimum Gasteiger partial charge on any atom is -0.493 e. The predicted molar refractivity (Wildman–Crippen MR) is 104 cm³/mol. The molecule has 0 fully saturated rings. The van der Waals surface area contributed by atoms with Gasteiger partial charge in [0.05, 0.1) is 29.8 Å². The Bertz CT molecular complexity index is 841. The summed E-state index contributed by atoms with van der Waals surface area (Å²) < 4.78 is 10.8. The van der Waals surface area contributed by atoms with Gasteiger partial charge in [-0.3, -0.25) is 14.9 Å². The van der Waals surface area contributed by atoms with Gasteiger partial charge < -0.3 is 19.9 Å². The van der Waals surface area contributed by atoms with Gasteiger partial charge in [0.25, 0.3) is 11.6 Å². The Morgan fingerprint density at radius 3 is 2.57 bits per heavy atom. The smallest absolute Gasteiger partial charge is 0.269 e. The number of carbonyl (C=O) groups is 1. The molecular formula is C19H21ClN2O6. The average molecular weight is 409 g/mol. The number of nitro benzene ring substituents is 1. The van der Waals surface area contributed by atoms with Crippen LogP contribution in [0, 0.1) is 10.1 Å². The third-order valence-electron chi connectivity index (χ3n) is 3.89. The second-order valence-electron chi connectivity index (χ2n) is 5.91. The lowest BCUT2D eigenvalue weighted by Gasteiger charge is -2.15. The number of hydrogen-bond acceptors (Lipinski definition) is 6. The number of aliphatic hydroxyl groups is 1. The predicted octanol–water partition coefficient (Wildman–Crippen LogP) is 3.51. The zero-order valence-corrected chi connectivity index (χ0v) is 16.2. The minimum absolute atomic E-state index is 0.0768. The van der Waals surface area contributed by atoms with E-state index in [1.807, 2.05) is 6.92 Å². The molecule has 0 radical (unpaired) electrons. The second-order valence-corrected chi connectivity index (χ2v) is 6.32. The van der Waals surface area contributed by atoms with Crippen molar-refractivity contribution in [1.29, 1.82) is 0 Å². The Labute approximate surface area is 167 Å². The van der Waals surface area contributed by atoms with Crippen LogP contribution < -0.4 is 14.8 Å². The van der Waals surface area contributed by atoms with Crippen LogP contribution in [0.5, 0.6) is 11.5 Å². The van der Waals surface area contributed by atoms with E-state index in [9.17, 15) is 20.0 Å². The maximum Gasteiger partial charge on any atom is 0.269 e. The number of aliphatic hydroxyl groups excluding tert-OH is 1. The molecule has 0 spiro atoms. The van der Waals surface area contributed by atoms with E-state index < -0.39 is 16.9 Å². The molecule has 0 heterocycles. The second kappa shape index (κ2) is 9.91. The third kappa shape index (κ3) is 5.34. The van der Waals surface area contributed by atoms with E-state index in [-0.39, 0.29) is 22.8 Å². The summed E-state index contributed by atoms with van der Waals surface area (Å²) in [4.78, 5) is 22.6. The van der Waals surface area contributed by atoms with Gasteiger partial charge in [0.15, 0.2) is 11.5 Å². The van der Waals surface area contributed by atoms with Gasteiger partial charge in [-0.2, -0.15) is 0 Å². The van der Waals surface area contributed by atoms with Crippen molar-refractivity contribution >= 4 is 23.2 Å².